The van der Waals surface area contributed by atoms with Gasteiger partial charge in [-0.15, -0.1) is 6.42 Å². The molecule has 2 atom stereocenters. The minimum Gasteiger partial charge on any atom is -0.508 e. The van der Waals surface area contributed by atoms with E-state index >= 15 is 0 Å². The van der Waals surface area contributed by atoms with E-state index < -0.39 is 29.7 Å². The number of carbonyl (C=O) groups is 3. The van der Waals surface area contributed by atoms with Gasteiger partial charge >= 0.3 is 6.09 Å². The van der Waals surface area contributed by atoms with Crippen molar-refractivity contribution in [1.82, 2.24) is 10.2 Å². The number of phenols is 1. The van der Waals surface area contributed by atoms with E-state index in [1.165, 1.54) is 12.1 Å². The number of aryl methyl sites for hydroxylation is 1. The van der Waals surface area contributed by atoms with Gasteiger partial charge in [0.2, 0.25) is 5.91 Å². The number of hydrogen-bond acceptors (Lipinski definition) is 5. The molecule has 8 heteroatoms. The Morgan fingerprint density at radius 1 is 1.02 bits per heavy atom. The molecule has 42 heavy (non-hydrogen) atoms. The van der Waals surface area contributed by atoms with Crippen LogP contribution >= 0.6 is 0 Å². The topological polar surface area (TPSA) is 108 Å². The van der Waals surface area contributed by atoms with Crippen molar-refractivity contribution in [1.29, 1.82) is 0 Å². The Bertz CT molecular complexity index is 1460. The summed E-state index contributed by atoms with van der Waals surface area (Å²) in [5, 5.41) is 15.5. The van der Waals surface area contributed by atoms with Crippen molar-refractivity contribution in [3.05, 3.63) is 95.1 Å². The first-order valence-electron chi connectivity index (χ1n) is 14.0. The first-order chi connectivity index (χ1) is 19.9. The zero-order valence-corrected chi connectivity index (χ0v) is 24.4. The fourth-order valence-corrected chi connectivity index (χ4v) is 4.68. The maximum absolute atomic E-state index is 14.5. The molecule has 0 heterocycles. The number of phenolic OH excluding ortho intramolecular Hbond substituents is 1. The molecule has 0 aliphatic heterocycles. The Morgan fingerprint density at radius 2 is 1.67 bits per heavy atom. The van der Waals surface area contributed by atoms with Crippen molar-refractivity contribution < 1.29 is 24.2 Å². The number of carbonyl (C=O) groups excluding carboxylic acids is 3. The highest BCUT2D eigenvalue weighted by molar-refractivity contribution is 5.99. The maximum atomic E-state index is 14.5. The SMILES string of the molecule is C#Cc1ccc(C(C(=O)Nc2ccccc2C)N(C(=O)C(Cc2ccc(O)cc2)NC(=O)OC(C)(C)C)C2CC2)cc1. The van der Waals surface area contributed by atoms with Crippen molar-refractivity contribution in [2.45, 2.75) is 70.7 Å². The van der Waals surface area contributed by atoms with Crippen molar-refractivity contribution in [3.63, 3.8) is 0 Å². The van der Waals surface area contributed by atoms with Gasteiger partial charge in [0, 0.05) is 23.7 Å². The van der Waals surface area contributed by atoms with E-state index in [9.17, 15) is 19.5 Å². The molecule has 3 N–H and O–H groups in total. The maximum Gasteiger partial charge on any atom is 0.408 e. The number of rotatable bonds is 9. The average molecular weight is 568 g/mol. The smallest absolute Gasteiger partial charge is 0.408 e. The van der Waals surface area contributed by atoms with Crippen LogP contribution in [0.25, 0.3) is 0 Å². The van der Waals surface area contributed by atoms with E-state index in [1.807, 2.05) is 31.2 Å². The molecule has 218 valence electrons. The number of ether oxygens (including phenoxy) is 1. The fraction of sp³-hybridized carbons (Fsp3) is 0.324. The van der Waals surface area contributed by atoms with E-state index in [-0.39, 0.29) is 24.1 Å². The van der Waals surface area contributed by atoms with Gasteiger partial charge in [-0.1, -0.05) is 48.4 Å². The molecule has 0 saturated heterocycles. The van der Waals surface area contributed by atoms with E-state index in [4.69, 9.17) is 11.2 Å². The van der Waals surface area contributed by atoms with Crippen molar-refractivity contribution in [2.24, 2.45) is 0 Å². The number of alkyl carbamates (subject to hydrolysis) is 1. The van der Waals surface area contributed by atoms with Gasteiger partial charge in [-0.2, -0.15) is 0 Å². The molecule has 1 saturated carbocycles. The molecule has 0 spiro atoms. The lowest BCUT2D eigenvalue weighted by molar-refractivity contribution is -0.141. The van der Waals surface area contributed by atoms with Crippen molar-refractivity contribution in [3.8, 4) is 18.1 Å². The van der Waals surface area contributed by atoms with Crippen LogP contribution < -0.4 is 10.6 Å². The normalized spacial score (nSPS) is 14.2. The van der Waals surface area contributed by atoms with Crippen molar-refractivity contribution in [2.75, 3.05) is 5.32 Å². The predicted octanol–water partition coefficient (Wildman–Crippen LogP) is 5.49. The van der Waals surface area contributed by atoms with E-state index in [2.05, 4.69) is 16.6 Å². The largest absolute Gasteiger partial charge is 0.508 e. The molecule has 3 aromatic rings. The molecular formula is C34H37N3O5. The summed E-state index contributed by atoms with van der Waals surface area (Å²) >= 11 is 0. The number of aromatic hydroxyl groups is 1. The summed E-state index contributed by atoms with van der Waals surface area (Å²) in [6.07, 6.45) is 6.41. The zero-order valence-electron chi connectivity index (χ0n) is 24.4. The van der Waals surface area contributed by atoms with Crippen LogP contribution in [0.5, 0.6) is 5.75 Å². The Labute approximate surface area is 247 Å². The van der Waals surface area contributed by atoms with Gasteiger partial charge in [0.1, 0.15) is 23.4 Å². The second-order valence-corrected chi connectivity index (χ2v) is 11.5. The van der Waals surface area contributed by atoms with Gasteiger partial charge in [0.15, 0.2) is 0 Å². The second kappa shape index (κ2) is 12.8. The number of benzene rings is 3. The highest BCUT2D eigenvalue weighted by Gasteiger charge is 2.44. The molecule has 0 radical (unpaired) electrons. The Hall–Kier alpha value is -4.77. The molecular weight excluding hydrogens is 530 g/mol. The van der Waals surface area contributed by atoms with Crippen molar-refractivity contribution >= 4 is 23.6 Å². The number of nitrogens with zero attached hydrogens (tertiary/aromatic N) is 1. The molecule has 1 fully saturated rings. The third kappa shape index (κ3) is 7.91. The zero-order chi connectivity index (χ0) is 30.4. The third-order valence-electron chi connectivity index (χ3n) is 6.88. The number of hydrogen-bond donors (Lipinski definition) is 3. The molecule has 3 aromatic carbocycles. The van der Waals surface area contributed by atoms with Gasteiger partial charge in [-0.05, 0) is 87.6 Å². The summed E-state index contributed by atoms with van der Waals surface area (Å²) in [7, 11) is 0. The van der Waals surface area contributed by atoms with E-state index in [1.54, 1.807) is 62.1 Å². The predicted molar refractivity (Wildman–Crippen MR) is 162 cm³/mol. The number of para-hydroxylation sites is 1. The van der Waals surface area contributed by atoms with Gasteiger partial charge in [0.05, 0.1) is 0 Å². The Kier molecular flexibility index (Phi) is 9.21. The summed E-state index contributed by atoms with van der Waals surface area (Å²) < 4.78 is 5.48. The molecule has 8 nitrogen and oxygen atoms in total. The lowest BCUT2D eigenvalue weighted by Gasteiger charge is -2.35. The molecule has 1 aliphatic carbocycles. The van der Waals surface area contributed by atoms with Gasteiger partial charge in [-0.25, -0.2) is 4.79 Å². The highest BCUT2D eigenvalue weighted by atomic mass is 16.6. The first-order valence-corrected chi connectivity index (χ1v) is 14.0. The third-order valence-corrected chi connectivity index (χ3v) is 6.88. The summed E-state index contributed by atoms with van der Waals surface area (Å²) in [6.45, 7) is 7.12. The average Bonchev–Trinajstić information content (AvgIpc) is 3.78. The molecule has 3 amide bonds. The van der Waals surface area contributed by atoms with Crippen LogP contribution in [0.2, 0.25) is 0 Å². The van der Waals surface area contributed by atoms with Crippen LogP contribution in [-0.4, -0.2) is 45.6 Å². The number of anilines is 1. The number of amides is 3. The molecule has 2 unspecified atom stereocenters. The molecule has 0 aromatic heterocycles. The monoisotopic (exact) mass is 567 g/mol. The van der Waals surface area contributed by atoms with E-state index in [0.717, 1.165) is 24.0 Å². The van der Waals surface area contributed by atoms with Crippen LogP contribution in [-0.2, 0) is 20.7 Å². The summed E-state index contributed by atoms with van der Waals surface area (Å²) in [5.74, 6) is 1.88. The quantitative estimate of drug-likeness (QED) is 0.297. The molecule has 1 aliphatic rings. The van der Waals surface area contributed by atoms with E-state index in [0.29, 0.717) is 16.8 Å². The van der Waals surface area contributed by atoms with Crippen LogP contribution in [0, 0.1) is 19.3 Å². The minimum absolute atomic E-state index is 0.0877. The van der Waals surface area contributed by atoms with Gasteiger partial charge in [-0.3, -0.25) is 9.59 Å². The Balaban J connectivity index is 1.73. The molecule has 4 rings (SSSR count). The minimum atomic E-state index is -1.04. The summed E-state index contributed by atoms with van der Waals surface area (Å²) in [6, 6.07) is 18.6. The lowest BCUT2D eigenvalue weighted by Crippen LogP contribution is -2.54. The summed E-state index contributed by atoms with van der Waals surface area (Å²) in [4.78, 5) is 43.0. The van der Waals surface area contributed by atoms with Gasteiger partial charge in [0.25, 0.3) is 5.91 Å². The number of nitrogens with one attached hydrogen (secondary N) is 2. The fourth-order valence-electron chi connectivity index (χ4n) is 4.68. The van der Waals surface area contributed by atoms with Crippen LogP contribution in [0.15, 0.2) is 72.8 Å². The molecule has 0 bridgehead atoms. The number of terminal acetylenes is 1. The first kappa shape index (κ1) is 30.2. The lowest BCUT2D eigenvalue weighted by atomic mass is 9.99. The Morgan fingerprint density at radius 3 is 2.24 bits per heavy atom. The highest BCUT2D eigenvalue weighted by Crippen LogP contribution is 2.36. The second-order valence-electron chi connectivity index (χ2n) is 11.5. The van der Waals surface area contributed by atoms with Crippen LogP contribution in [0.1, 0.15) is 61.9 Å². The summed E-state index contributed by atoms with van der Waals surface area (Å²) in [5.41, 5.74) is 2.72. The van der Waals surface area contributed by atoms with Crippen LogP contribution in [0.3, 0.4) is 0 Å². The standard InChI is InChI=1S/C34H37N3O5/c1-6-23-11-15-25(16-12-23)30(31(39)35-28-10-8-7-9-22(28)2)37(26-17-18-26)32(40)29(36-33(41)42-34(3,4)5)21-24-13-19-27(38)20-14-24/h1,7-16,19-20,26,29-30,38H,17-18,21H2,2-5H3,(H,35,39)(H,36,41). The van der Waals surface area contributed by atoms with Gasteiger partial charge < -0.3 is 25.4 Å². The van der Waals surface area contributed by atoms with Crippen LogP contribution in [0.4, 0.5) is 10.5 Å².